The second kappa shape index (κ2) is 9.58. The molecule has 0 spiro atoms. The number of β-amino-alcohol motifs (C(OH)–C–C–N with tert-alkyl or cyclic N) is 1. The Balaban J connectivity index is 1.45. The highest BCUT2D eigenvalue weighted by Crippen LogP contribution is 2.35. The molecule has 2 fully saturated rings. The van der Waals surface area contributed by atoms with Crippen molar-refractivity contribution in [3.05, 3.63) is 47.5 Å². The molecule has 178 valence electrons. The maximum Gasteiger partial charge on any atom is 0.231 e. The summed E-state index contributed by atoms with van der Waals surface area (Å²) in [7, 11) is 0. The van der Waals surface area contributed by atoms with E-state index in [-0.39, 0.29) is 43.7 Å². The number of carbonyl (C=O) groups is 1. The van der Waals surface area contributed by atoms with Crippen LogP contribution in [0.1, 0.15) is 30.4 Å². The zero-order chi connectivity index (χ0) is 23.6. The third-order valence-corrected chi connectivity index (χ3v) is 6.36. The van der Waals surface area contributed by atoms with Crippen molar-refractivity contribution in [1.29, 1.82) is 0 Å². The molecular weight excluding hydrogens is 427 g/mol. The highest BCUT2D eigenvalue weighted by molar-refractivity contribution is 5.75. The Morgan fingerprint density at radius 3 is 2.70 bits per heavy atom. The zero-order valence-electron chi connectivity index (χ0n) is 18.7. The number of aliphatic hydroxyl groups excluding tert-OH is 1. The Hall–Kier alpha value is -2.82. The Morgan fingerprint density at radius 2 is 2.06 bits per heavy atom. The number of amides is 1. The fourth-order valence-electron chi connectivity index (χ4n) is 4.17. The number of hydrogen-bond acceptors (Lipinski definition) is 8. The van der Waals surface area contributed by atoms with Gasteiger partial charge in [-0.15, -0.1) is 0 Å². The summed E-state index contributed by atoms with van der Waals surface area (Å²) < 4.78 is 15.4. The Labute approximate surface area is 192 Å². The molecule has 0 radical (unpaired) electrons. The van der Waals surface area contributed by atoms with Gasteiger partial charge in [0, 0.05) is 32.2 Å². The third kappa shape index (κ3) is 5.58. The first-order chi connectivity index (χ1) is 15.7. The normalized spacial score (nSPS) is 23.3. The molecule has 4 rings (SSSR count). The molecule has 10 heteroatoms. The molecule has 1 saturated heterocycles. The van der Waals surface area contributed by atoms with Crippen LogP contribution in [0.25, 0.3) is 0 Å². The first-order valence-electron chi connectivity index (χ1n) is 11.2. The van der Waals surface area contributed by atoms with Crippen molar-refractivity contribution in [2.75, 3.05) is 36.4 Å². The minimum absolute atomic E-state index is 0.0163. The predicted octanol–water partition coefficient (Wildman–Crippen LogP) is 0.788. The number of aryl methyl sites for hydroxylation is 1. The number of benzene rings is 1. The van der Waals surface area contributed by atoms with Crippen LogP contribution in [0.15, 0.2) is 30.6 Å². The van der Waals surface area contributed by atoms with Crippen molar-refractivity contribution in [1.82, 2.24) is 14.9 Å². The summed E-state index contributed by atoms with van der Waals surface area (Å²) in [4.78, 5) is 23.0. The van der Waals surface area contributed by atoms with E-state index in [1.165, 1.54) is 6.33 Å². The van der Waals surface area contributed by atoms with Gasteiger partial charge in [0.2, 0.25) is 11.7 Å². The molecule has 2 heterocycles. The number of halogens is 1. The lowest BCUT2D eigenvalue weighted by molar-refractivity contribution is -0.127. The van der Waals surface area contributed by atoms with Gasteiger partial charge in [0.15, 0.2) is 11.6 Å². The van der Waals surface area contributed by atoms with Crippen LogP contribution in [-0.2, 0) is 11.3 Å². The standard InChI is InChI=1S/C23H31FN6O3/c1-15-2-4-16(5-3-15)10-30(17-6-7-17)22-20(24)21(27-14-28-22)26-13-23(33)8-9-29(11-18(23)31)12-19(25)32/h2-5,14,17-18,31,33H,6-13H2,1H3,(H2,25,32)(H,26,27,28)/t18-,23+/m1/s1. The van der Waals surface area contributed by atoms with E-state index in [0.717, 1.165) is 24.0 Å². The molecule has 2 aliphatic rings. The van der Waals surface area contributed by atoms with Gasteiger partial charge in [0.1, 0.15) is 11.9 Å². The van der Waals surface area contributed by atoms with Crippen LogP contribution >= 0.6 is 0 Å². The molecule has 5 N–H and O–H groups in total. The predicted molar refractivity (Wildman–Crippen MR) is 122 cm³/mol. The summed E-state index contributed by atoms with van der Waals surface area (Å²) in [5.74, 6) is -0.873. The Bertz CT molecular complexity index is 987. The van der Waals surface area contributed by atoms with Crippen molar-refractivity contribution in [3.8, 4) is 0 Å². The molecule has 2 atom stereocenters. The topological polar surface area (TPSA) is 128 Å². The number of nitrogens with one attached hydrogen (secondary N) is 1. The van der Waals surface area contributed by atoms with Crippen molar-refractivity contribution >= 4 is 17.5 Å². The fraction of sp³-hybridized carbons (Fsp3) is 0.522. The van der Waals surface area contributed by atoms with Gasteiger partial charge in [0.05, 0.1) is 12.6 Å². The second-order valence-corrected chi connectivity index (χ2v) is 9.13. The molecule has 33 heavy (non-hydrogen) atoms. The van der Waals surface area contributed by atoms with Crippen LogP contribution < -0.4 is 16.0 Å². The molecule has 1 aliphatic heterocycles. The number of likely N-dealkylation sites (tertiary alicyclic amines) is 1. The molecule has 1 aromatic heterocycles. The first-order valence-corrected chi connectivity index (χ1v) is 11.2. The van der Waals surface area contributed by atoms with Crippen molar-refractivity contribution in [3.63, 3.8) is 0 Å². The minimum atomic E-state index is -1.48. The van der Waals surface area contributed by atoms with Crippen molar-refractivity contribution in [2.45, 2.75) is 50.5 Å². The summed E-state index contributed by atoms with van der Waals surface area (Å²) in [5.41, 5.74) is 5.96. The molecule has 2 aromatic rings. The summed E-state index contributed by atoms with van der Waals surface area (Å²) in [5, 5.41) is 24.2. The van der Waals surface area contributed by atoms with Gasteiger partial charge in [-0.25, -0.2) is 9.97 Å². The number of piperidine rings is 1. The largest absolute Gasteiger partial charge is 0.389 e. The SMILES string of the molecule is Cc1ccc(CN(c2ncnc(NC[C@@]3(O)CCN(CC(N)=O)C[C@H]3O)c2F)C2CC2)cc1. The van der Waals surface area contributed by atoms with Crippen molar-refractivity contribution in [2.24, 2.45) is 5.73 Å². The number of aromatic nitrogens is 2. The number of carbonyl (C=O) groups excluding carboxylic acids is 1. The lowest BCUT2D eigenvalue weighted by Gasteiger charge is -2.41. The van der Waals surface area contributed by atoms with Gasteiger partial charge in [-0.2, -0.15) is 4.39 Å². The van der Waals surface area contributed by atoms with Crippen LogP contribution in [-0.4, -0.2) is 74.9 Å². The van der Waals surface area contributed by atoms with Gasteiger partial charge in [-0.3, -0.25) is 9.69 Å². The zero-order valence-corrected chi connectivity index (χ0v) is 18.7. The maximum absolute atomic E-state index is 15.4. The highest BCUT2D eigenvalue weighted by atomic mass is 19.1. The van der Waals surface area contributed by atoms with E-state index in [0.29, 0.717) is 13.1 Å². The van der Waals surface area contributed by atoms with Gasteiger partial charge >= 0.3 is 0 Å². The van der Waals surface area contributed by atoms with Crippen LogP contribution in [0.2, 0.25) is 0 Å². The Kier molecular flexibility index (Phi) is 6.78. The molecule has 0 bridgehead atoms. The molecule has 1 aliphatic carbocycles. The van der Waals surface area contributed by atoms with Gasteiger partial charge in [0.25, 0.3) is 0 Å². The quantitative estimate of drug-likeness (QED) is 0.434. The van der Waals surface area contributed by atoms with Crippen molar-refractivity contribution < 1.29 is 19.4 Å². The first kappa shape index (κ1) is 23.3. The smallest absolute Gasteiger partial charge is 0.231 e. The minimum Gasteiger partial charge on any atom is -0.389 e. The number of primary amides is 1. The summed E-state index contributed by atoms with van der Waals surface area (Å²) >= 11 is 0. The van der Waals surface area contributed by atoms with Gasteiger partial charge in [-0.1, -0.05) is 29.8 Å². The van der Waals surface area contributed by atoms with E-state index in [2.05, 4.69) is 15.3 Å². The second-order valence-electron chi connectivity index (χ2n) is 9.13. The van der Waals surface area contributed by atoms with Crippen LogP contribution in [0, 0.1) is 12.7 Å². The average molecular weight is 459 g/mol. The third-order valence-electron chi connectivity index (χ3n) is 6.36. The maximum atomic E-state index is 15.4. The van der Waals surface area contributed by atoms with Crippen LogP contribution in [0.5, 0.6) is 0 Å². The fourth-order valence-corrected chi connectivity index (χ4v) is 4.17. The van der Waals surface area contributed by atoms with Crippen LogP contribution in [0.3, 0.4) is 0 Å². The van der Waals surface area contributed by atoms with E-state index in [1.807, 2.05) is 36.1 Å². The average Bonchev–Trinajstić information content (AvgIpc) is 3.61. The highest BCUT2D eigenvalue weighted by Gasteiger charge is 2.41. The van der Waals surface area contributed by atoms with E-state index in [1.54, 1.807) is 4.90 Å². The monoisotopic (exact) mass is 458 g/mol. The molecule has 1 saturated carbocycles. The van der Waals surface area contributed by atoms with E-state index >= 15 is 4.39 Å². The van der Waals surface area contributed by atoms with E-state index in [9.17, 15) is 15.0 Å². The summed E-state index contributed by atoms with van der Waals surface area (Å²) in [6.45, 7) is 2.98. The number of nitrogens with two attached hydrogens (primary N) is 1. The summed E-state index contributed by atoms with van der Waals surface area (Å²) in [6.07, 6.45) is 2.35. The lowest BCUT2D eigenvalue weighted by atomic mass is 9.88. The number of aliphatic hydroxyl groups is 2. The molecular formula is C23H31FN6O3. The van der Waals surface area contributed by atoms with E-state index in [4.69, 9.17) is 5.73 Å². The van der Waals surface area contributed by atoms with Gasteiger partial charge in [-0.05, 0) is 31.7 Å². The number of hydrogen-bond donors (Lipinski definition) is 4. The van der Waals surface area contributed by atoms with Gasteiger partial charge < -0.3 is 26.2 Å². The number of anilines is 2. The number of rotatable bonds is 9. The number of nitrogens with zero attached hydrogens (tertiary/aromatic N) is 4. The van der Waals surface area contributed by atoms with Crippen LogP contribution in [0.4, 0.5) is 16.0 Å². The molecule has 9 nitrogen and oxygen atoms in total. The molecule has 1 amide bonds. The molecule has 0 unspecified atom stereocenters. The summed E-state index contributed by atoms with van der Waals surface area (Å²) in [6, 6.07) is 8.35. The Morgan fingerprint density at radius 1 is 1.33 bits per heavy atom. The molecule has 1 aromatic carbocycles. The lowest BCUT2D eigenvalue weighted by Crippen LogP contribution is -2.59. The van der Waals surface area contributed by atoms with E-state index < -0.39 is 23.4 Å².